The number of hydrogen-bond acceptors (Lipinski definition) is 4. The molecule has 0 aromatic carbocycles. The van der Waals surface area contributed by atoms with E-state index in [0.29, 0.717) is 13.2 Å². The SMILES string of the molecule is COCCN(CCCN)C(C)C(=O)NC(C)(C)C. The predicted octanol–water partition coefficient (Wildman–Crippen LogP) is 0.587. The number of carbonyl (C=O) groups excluding carboxylic acids is 1. The lowest BCUT2D eigenvalue weighted by molar-refractivity contribution is -0.127. The Bertz CT molecular complexity index is 231. The fraction of sp³-hybridized carbons (Fsp3) is 0.923. The number of amides is 1. The van der Waals surface area contributed by atoms with Crippen LogP contribution in [0.2, 0.25) is 0 Å². The third-order valence-corrected chi connectivity index (χ3v) is 2.66. The molecular formula is C13H29N3O2. The first-order valence-electron chi connectivity index (χ1n) is 6.57. The molecule has 0 aliphatic heterocycles. The maximum atomic E-state index is 12.1. The highest BCUT2D eigenvalue weighted by Gasteiger charge is 2.23. The van der Waals surface area contributed by atoms with Gasteiger partial charge in [0.1, 0.15) is 0 Å². The second-order valence-corrected chi connectivity index (χ2v) is 5.59. The minimum atomic E-state index is -0.202. The quantitative estimate of drug-likeness (QED) is 0.669. The summed E-state index contributed by atoms with van der Waals surface area (Å²) in [5, 5.41) is 3.00. The summed E-state index contributed by atoms with van der Waals surface area (Å²) in [5.74, 6) is 0.0515. The van der Waals surface area contributed by atoms with Crippen molar-refractivity contribution in [1.82, 2.24) is 10.2 Å². The average Bonchev–Trinajstić information content (AvgIpc) is 2.26. The number of methoxy groups -OCH3 is 1. The lowest BCUT2D eigenvalue weighted by Gasteiger charge is -2.30. The van der Waals surface area contributed by atoms with E-state index in [1.165, 1.54) is 0 Å². The van der Waals surface area contributed by atoms with Gasteiger partial charge in [-0.05, 0) is 40.7 Å². The molecule has 1 unspecified atom stereocenters. The van der Waals surface area contributed by atoms with Crippen LogP contribution in [-0.4, -0.2) is 55.7 Å². The molecule has 3 N–H and O–H groups in total. The normalized spacial score (nSPS) is 13.7. The van der Waals surface area contributed by atoms with Gasteiger partial charge in [0.25, 0.3) is 0 Å². The second-order valence-electron chi connectivity index (χ2n) is 5.59. The van der Waals surface area contributed by atoms with E-state index in [1.54, 1.807) is 7.11 Å². The van der Waals surface area contributed by atoms with Crippen LogP contribution in [-0.2, 0) is 9.53 Å². The minimum absolute atomic E-state index is 0.0515. The lowest BCUT2D eigenvalue weighted by atomic mass is 10.1. The number of nitrogens with one attached hydrogen (secondary N) is 1. The van der Waals surface area contributed by atoms with Crippen LogP contribution in [0.3, 0.4) is 0 Å². The Labute approximate surface area is 111 Å². The van der Waals surface area contributed by atoms with E-state index in [9.17, 15) is 4.79 Å². The maximum absolute atomic E-state index is 12.1. The zero-order valence-electron chi connectivity index (χ0n) is 12.5. The van der Waals surface area contributed by atoms with E-state index in [1.807, 2.05) is 27.7 Å². The Morgan fingerprint density at radius 3 is 2.44 bits per heavy atom. The first-order valence-corrected chi connectivity index (χ1v) is 6.57. The van der Waals surface area contributed by atoms with Crippen molar-refractivity contribution < 1.29 is 9.53 Å². The van der Waals surface area contributed by atoms with Crippen LogP contribution < -0.4 is 11.1 Å². The van der Waals surface area contributed by atoms with E-state index < -0.39 is 0 Å². The summed E-state index contributed by atoms with van der Waals surface area (Å²) in [6.45, 7) is 10.7. The van der Waals surface area contributed by atoms with Gasteiger partial charge in [0.2, 0.25) is 5.91 Å². The maximum Gasteiger partial charge on any atom is 0.237 e. The summed E-state index contributed by atoms with van der Waals surface area (Å²) in [7, 11) is 1.67. The summed E-state index contributed by atoms with van der Waals surface area (Å²) in [6.07, 6.45) is 0.886. The number of nitrogens with two attached hydrogens (primary N) is 1. The molecule has 5 heteroatoms. The molecule has 1 amide bonds. The van der Waals surface area contributed by atoms with Crippen molar-refractivity contribution in [1.29, 1.82) is 0 Å². The minimum Gasteiger partial charge on any atom is -0.383 e. The summed E-state index contributed by atoms with van der Waals surface area (Å²) in [4.78, 5) is 14.2. The van der Waals surface area contributed by atoms with E-state index in [0.717, 1.165) is 19.5 Å². The molecule has 1 atom stereocenters. The number of hydrogen-bond donors (Lipinski definition) is 2. The molecule has 0 saturated carbocycles. The van der Waals surface area contributed by atoms with Gasteiger partial charge in [0, 0.05) is 25.7 Å². The first kappa shape index (κ1) is 17.4. The average molecular weight is 259 g/mol. The van der Waals surface area contributed by atoms with E-state index >= 15 is 0 Å². The van der Waals surface area contributed by atoms with Crippen molar-refractivity contribution in [2.75, 3.05) is 33.4 Å². The monoisotopic (exact) mass is 259 g/mol. The van der Waals surface area contributed by atoms with Crippen LogP contribution in [0, 0.1) is 0 Å². The molecule has 18 heavy (non-hydrogen) atoms. The number of rotatable bonds is 8. The highest BCUT2D eigenvalue weighted by atomic mass is 16.5. The van der Waals surface area contributed by atoms with Crippen LogP contribution in [0.15, 0.2) is 0 Å². The molecule has 0 heterocycles. The Hall–Kier alpha value is -0.650. The highest BCUT2D eigenvalue weighted by Crippen LogP contribution is 2.05. The third kappa shape index (κ3) is 7.63. The standard InChI is InChI=1S/C13H29N3O2/c1-11(12(17)15-13(2,3)4)16(8-6-7-14)9-10-18-5/h11H,6-10,14H2,1-5H3,(H,15,17). The van der Waals surface area contributed by atoms with Crippen LogP contribution in [0.4, 0.5) is 0 Å². The Balaban J connectivity index is 4.41. The van der Waals surface area contributed by atoms with Gasteiger partial charge < -0.3 is 15.8 Å². The summed E-state index contributed by atoms with van der Waals surface area (Å²) >= 11 is 0. The fourth-order valence-corrected chi connectivity index (χ4v) is 1.64. The van der Waals surface area contributed by atoms with Gasteiger partial charge in [-0.15, -0.1) is 0 Å². The molecule has 0 aromatic rings. The Kier molecular flexibility index (Phi) is 8.15. The summed E-state index contributed by atoms with van der Waals surface area (Å²) < 4.78 is 5.08. The predicted molar refractivity (Wildman–Crippen MR) is 74.5 cm³/mol. The van der Waals surface area contributed by atoms with Crippen molar-refractivity contribution in [2.45, 2.75) is 45.7 Å². The van der Waals surface area contributed by atoms with Gasteiger partial charge in [0.15, 0.2) is 0 Å². The molecule has 5 nitrogen and oxygen atoms in total. The van der Waals surface area contributed by atoms with Gasteiger partial charge >= 0.3 is 0 Å². The summed E-state index contributed by atoms with van der Waals surface area (Å²) in [6, 6.07) is -0.161. The molecular weight excluding hydrogens is 230 g/mol. The Morgan fingerprint density at radius 1 is 1.39 bits per heavy atom. The molecule has 0 saturated heterocycles. The second kappa shape index (κ2) is 8.45. The van der Waals surface area contributed by atoms with Gasteiger partial charge in [0.05, 0.1) is 12.6 Å². The van der Waals surface area contributed by atoms with E-state index in [4.69, 9.17) is 10.5 Å². The van der Waals surface area contributed by atoms with Crippen LogP contribution in [0.5, 0.6) is 0 Å². The molecule has 0 rings (SSSR count). The third-order valence-electron chi connectivity index (χ3n) is 2.66. The van der Waals surface area contributed by atoms with Gasteiger partial charge in [-0.3, -0.25) is 9.69 Å². The Morgan fingerprint density at radius 2 is 2.00 bits per heavy atom. The van der Waals surface area contributed by atoms with E-state index in [-0.39, 0.29) is 17.5 Å². The van der Waals surface area contributed by atoms with Crippen molar-refractivity contribution in [3.05, 3.63) is 0 Å². The molecule has 108 valence electrons. The molecule has 0 spiro atoms. The molecule has 0 aliphatic rings. The van der Waals surface area contributed by atoms with Crippen molar-refractivity contribution in [3.63, 3.8) is 0 Å². The number of nitrogens with zero attached hydrogens (tertiary/aromatic N) is 1. The first-order chi connectivity index (χ1) is 8.31. The van der Waals surface area contributed by atoms with Crippen LogP contribution >= 0.6 is 0 Å². The fourth-order valence-electron chi connectivity index (χ4n) is 1.64. The van der Waals surface area contributed by atoms with Gasteiger partial charge in [-0.1, -0.05) is 0 Å². The van der Waals surface area contributed by atoms with Crippen molar-refractivity contribution in [3.8, 4) is 0 Å². The van der Waals surface area contributed by atoms with Crippen molar-refractivity contribution >= 4 is 5.91 Å². The molecule has 0 aromatic heterocycles. The van der Waals surface area contributed by atoms with Crippen LogP contribution in [0.1, 0.15) is 34.1 Å². The topological polar surface area (TPSA) is 67.6 Å². The number of carbonyl (C=O) groups is 1. The lowest BCUT2D eigenvalue weighted by Crippen LogP contribution is -2.52. The zero-order valence-corrected chi connectivity index (χ0v) is 12.5. The highest BCUT2D eigenvalue weighted by molar-refractivity contribution is 5.81. The zero-order chi connectivity index (χ0) is 14.2. The van der Waals surface area contributed by atoms with Crippen LogP contribution in [0.25, 0.3) is 0 Å². The van der Waals surface area contributed by atoms with Gasteiger partial charge in [-0.2, -0.15) is 0 Å². The molecule has 0 radical (unpaired) electrons. The molecule has 0 bridgehead atoms. The van der Waals surface area contributed by atoms with E-state index in [2.05, 4.69) is 10.2 Å². The van der Waals surface area contributed by atoms with Crippen molar-refractivity contribution in [2.24, 2.45) is 5.73 Å². The van der Waals surface area contributed by atoms with Gasteiger partial charge in [-0.25, -0.2) is 0 Å². The summed E-state index contributed by atoms with van der Waals surface area (Å²) in [5.41, 5.74) is 5.32. The smallest absolute Gasteiger partial charge is 0.237 e. The molecule has 0 fully saturated rings. The number of ether oxygens (including phenoxy) is 1. The largest absolute Gasteiger partial charge is 0.383 e. The molecule has 0 aliphatic carbocycles.